The number of ether oxygens (including phenoxy) is 1. The first-order chi connectivity index (χ1) is 14.5. The maximum absolute atomic E-state index is 14.5. The van der Waals surface area contributed by atoms with Gasteiger partial charge in [0.25, 0.3) is 0 Å². The van der Waals surface area contributed by atoms with E-state index in [0.29, 0.717) is 19.3 Å². The molecule has 1 fully saturated rings. The maximum atomic E-state index is 14.5. The molecule has 0 radical (unpaired) electrons. The van der Waals surface area contributed by atoms with E-state index < -0.39 is 24.3 Å². The number of allylic oxidation sites excluding steroid dienone is 3. The highest BCUT2D eigenvalue weighted by Crippen LogP contribution is 2.38. The third-order valence-electron chi connectivity index (χ3n) is 6.52. The minimum absolute atomic E-state index is 0.121. The van der Waals surface area contributed by atoms with Gasteiger partial charge < -0.3 is 14.9 Å². The number of carbonyl (C=O) groups is 1. The van der Waals surface area contributed by atoms with Crippen LogP contribution in [0.25, 0.3) is 0 Å². The SMILES string of the molecule is COC(=O)CCCC=CCC1C(O)CC(F)C1C=CC(O)C1Cc2ccccc2C1. The molecular formula is C25H33FO4. The molecule has 30 heavy (non-hydrogen) atoms. The summed E-state index contributed by atoms with van der Waals surface area (Å²) in [6.45, 7) is 0. The molecule has 2 N–H and O–H groups in total. The topological polar surface area (TPSA) is 66.8 Å². The number of fused-ring (bicyclic) bond motifs is 1. The van der Waals surface area contributed by atoms with Crippen LogP contribution < -0.4 is 0 Å². The molecule has 5 atom stereocenters. The summed E-state index contributed by atoms with van der Waals surface area (Å²) >= 11 is 0. The maximum Gasteiger partial charge on any atom is 0.305 e. The van der Waals surface area contributed by atoms with Crippen molar-refractivity contribution in [3.05, 3.63) is 59.7 Å². The lowest BCUT2D eigenvalue weighted by molar-refractivity contribution is -0.140. The van der Waals surface area contributed by atoms with Crippen LogP contribution in [0.2, 0.25) is 0 Å². The highest BCUT2D eigenvalue weighted by atomic mass is 19.1. The van der Waals surface area contributed by atoms with E-state index in [9.17, 15) is 19.4 Å². The van der Waals surface area contributed by atoms with Gasteiger partial charge in [0.15, 0.2) is 0 Å². The molecule has 0 amide bonds. The van der Waals surface area contributed by atoms with Crippen LogP contribution in [0.3, 0.4) is 0 Å². The van der Waals surface area contributed by atoms with Crippen molar-refractivity contribution in [3.8, 4) is 0 Å². The van der Waals surface area contributed by atoms with Crippen LogP contribution in [0.5, 0.6) is 0 Å². The Kier molecular flexibility index (Phi) is 8.23. The van der Waals surface area contributed by atoms with Gasteiger partial charge in [-0.2, -0.15) is 0 Å². The molecule has 5 heteroatoms. The molecule has 3 rings (SSSR count). The molecule has 2 aliphatic rings. The number of aliphatic hydroxyl groups excluding tert-OH is 2. The second kappa shape index (κ2) is 10.9. The summed E-state index contributed by atoms with van der Waals surface area (Å²) in [7, 11) is 1.38. The lowest BCUT2D eigenvalue weighted by Crippen LogP contribution is -2.21. The molecule has 164 valence electrons. The first kappa shape index (κ1) is 22.7. The number of alkyl halides is 1. The number of aliphatic hydroxyl groups is 2. The lowest BCUT2D eigenvalue weighted by Gasteiger charge is -2.20. The molecule has 1 aromatic rings. The van der Waals surface area contributed by atoms with Crippen LogP contribution in [-0.4, -0.2) is 41.7 Å². The Balaban J connectivity index is 1.51. The summed E-state index contributed by atoms with van der Waals surface area (Å²) in [4.78, 5) is 11.1. The highest BCUT2D eigenvalue weighted by Gasteiger charge is 2.40. The number of carbonyl (C=O) groups excluding carboxylic acids is 1. The third kappa shape index (κ3) is 5.79. The van der Waals surface area contributed by atoms with E-state index in [2.05, 4.69) is 16.9 Å². The number of unbranched alkanes of at least 4 members (excludes halogenated alkanes) is 1. The van der Waals surface area contributed by atoms with Crippen LogP contribution in [0, 0.1) is 17.8 Å². The fourth-order valence-electron chi connectivity index (χ4n) is 4.74. The number of methoxy groups -OCH3 is 1. The molecular weight excluding hydrogens is 383 g/mol. The first-order valence-electron chi connectivity index (χ1n) is 11.0. The third-order valence-corrected chi connectivity index (χ3v) is 6.52. The van der Waals surface area contributed by atoms with Gasteiger partial charge in [-0.1, -0.05) is 48.6 Å². The number of halogens is 1. The Morgan fingerprint density at radius 3 is 2.63 bits per heavy atom. The summed E-state index contributed by atoms with van der Waals surface area (Å²) in [5.41, 5.74) is 2.56. The average Bonchev–Trinajstić information content (AvgIpc) is 3.29. The van der Waals surface area contributed by atoms with E-state index in [1.54, 1.807) is 12.2 Å². The Bertz CT molecular complexity index is 734. The van der Waals surface area contributed by atoms with Crippen molar-refractivity contribution in [2.45, 2.75) is 63.3 Å². The minimum Gasteiger partial charge on any atom is -0.469 e. The van der Waals surface area contributed by atoms with Gasteiger partial charge in [-0.25, -0.2) is 4.39 Å². The van der Waals surface area contributed by atoms with E-state index in [1.165, 1.54) is 18.2 Å². The molecule has 1 aromatic carbocycles. The normalized spacial score (nSPS) is 27.7. The van der Waals surface area contributed by atoms with Crippen molar-refractivity contribution in [3.63, 3.8) is 0 Å². The van der Waals surface area contributed by atoms with Crippen molar-refractivity contribution in [2.75, 3.05) is 7.11 Å². The molecule has 1 saturated carbocycles. The molecule has 0 bridgehead atoms. The second-order valence-electron chi connectivity index (χ2n) is 8.55. The summed E-state index contributed by atoms with van der Waals surface area (Å²) in [6, 6.07) is 8.24. The standard InChI is InChI=1S/C25H33FO4/c1-30-25(29)11-5-3-2-4-10-21-20(22(26)16-24(21)28)12-13-23(27)19-14-17-8-6-7-9-18(17)15-19/h2,4,6-9,12-13,19-24,27-28H,3,5,10-11,14-16H2,1H3. The molecule has 0 aliphatic heterocycles. The zero-order chi connectivity index (χ0) is 21.5. The number of hydrogen-bond acceptors (Lipinski definition) is 4. The molecule has 0 aromatic heterocycles. The van der Waals surface area contributed by atoms with Crippen molar-refractivity contribution >= 4 is 5.97 Å². The Morgan fingerprint density at radius 2 is 1.97 bits per heavy atom. The second-order valence-corrected chi connectivity index (χ2v) is 8.55. The Hall–Kier alpha value is -1.98. The predicted molar refractivity (Wildman–Crippen MR) is 115 cm³/mol. The van der Waals surface area contributed by atoms with E-state index in [-0.39, 0.29) is 24.2 Å². The van der Waals surface area contributed by atoms with Gasteiger partial charge in [-0.3, -0.25) is 4.79 Å². The van der Waals surface area contributed by atoms with Crippen molar-refractivity contribution in [2.24, 2.45) is 17.8 Å². The predicted octanol–water partition coefficient (Wildman–Crippen LogP) is 3.94. The Labute approximate surface area is 178 Å². The number of esters is 1. The van der Waals surface area contributed by atoms with E-state index in [0.717, 1.165) is 19.3 Å². The van der Waals surface area contributed by atoms with Crippen molar-refractivity contribution < 1.29 is 24.1 Å². The van der Waals surface area contributed by atoms with Gasteiger partial charge in [-0.15, -0.1) is 0 Å². The largest absolute Gasteiger partial charge is 0.469 e. The fourth-order valence-corrected chi connectivity index (χ4v) is 4.74. The zero-order valence-corrected chi connectivity index (χ0v) is 17.6. The first-order valence-corrected chi connectivity index (χ1v) is 11.0. The molecule has 4 nitrogen and oxygen atoms in total. The van der Waals surface area contributed by atoms with E-state index in [1.807, 2.05) is 24.3 Å². The van der Waals surface area contributed by atoms with E-state index in [4.69, 9.17) is 0 Å². The Morgan fingerprint density at radius 1 is 1.27 bits per heavy atom. The summed E-state index contributed by atoms with van der Waals surface area (Å²) in [5, 5.41) is 20.9. The van der Waals surface area contributed by atoms with Crippen molar-refractivity contribution in [1.29, 1.82) is 0 Å². The minimum atomic E-state index is -1.10. The van der Waals surface area contributed by atoms with Crippen LogP contribution in [0.15, 0.2) is 48.6 Å². The average molecular weight is 417 g/mol. The monoisotopic (exact) mass is 416 g/mol. The fraction of sp³-hybridized carbons (Fsp3) is 0.560. The van der Waals surface area contributed by atoms with Gasteiger partial charge >= 0.3 is 5.97 Å². The molecule has 0 saturated heterocycles. The van der Waals surface area contributed by atoms with Crippen LogP contribution in [-0.2, 0) is 22.4 Å². The van der Waals surface area contributed by atoms with Crippen LogP contribution in [0.1, 0.15) is 43.2 Å². The smallest absolute Gasteiger partial charge is 0.305 e. The molecule has 0 spiro atoms. The van der Waals surface area contributed by atoms with Crippen LogP contribution >= 0.6 is 0 Å². The molecule has 0 heterocycles. The summed E-state index contributed by atoms with van der Waals surface area (Å²) in [5.74, 6) is -0.681. The molecule has 5 unspecified atom stereocenters. The lowest BCUT2D eigenvalue weighted by atomic mass is 9.89. The van der Waals surface area contributed by atoms with Gasteiger partial charge in [0.2, 0.25) is 0 Å². The quantitative estimate of drug-likeness (QED) is 0.364. The number of hydrogen-bond donors (Lipinski definition) is 2. The highest BCUT2D eigenvalue weighted by molar-refractivity contribution is 5.69. The van der Waals surface area contributed by atoms with Crippen LogP contribution in [0.4, 0.5) is 4.39 Å². The van der Waals surface area contributed by atoms with Gasteiger partial charge in [-0.05, 0) is 55.1 Å². The summed E-state index contributed by atoms with van der Waals surface area (Å²) in [6.07, 6.45) is 9.32. The van der Waals surface area contributed by atoms with Gasteiger partial charge in [0.1, 0.15) is 6.17 Å². The van der Waals surface area contributed by atoms with E-state index >= 15 is 0 Å². The number of rotatable bonds is 9. The van der Waals surface area contributed by atoms with Gasteiger partial charge in [0.05, 0.1) is 19.3 Å². The van der Waals surface area contributed by atoms with Crippen molar-refractivity contribution in [1.82, 2.24) is 0 Å². The molecule has 2 aliphatic carbocycles. The van der Waals surface area contributed by atoms with Gasteiger partial charge in [0, 0.05) is 18.8 Å². The zero-order valence-electron chi connectivity index (χ0n) is 17.6. The number of benzene rings is 1. The summed E-state index contributed by atoms with van der Waals surface area (Å²) < 4.78 is 19.1.